The van der Waals surface area contributed by atoms with Gasteiger partial charge in [0.15, 0.2) is 12.2 Å². The molecule has 0 spiro atoms. The van der Waals surface area contributed by atoms with Crippen molar-refractivity contribution >= 4 is 39.5 Å². The predicted molar refractivity (Wildman–Crippen MR) is 335 cm³/mol. The van der Waals surface area contributed by atoms with Crippen LogP contribution in [0.15, 0.2) is 0 Å². The summed E-state index contributed by atoms with van der Waals surface area (Å²) in [6, 6.07) is 0. The SMILES string of the molecule is CCCCCCCCCCCCCC(=O)OC[C@H](COP(=O)(O)OC[C@@H](O)COP(=O)(O)OC[C@@H](COC(=O)CCCCCCCCCCC)OC(=O)CCCCCCCCC(C)CC)OC(=O)CCCCCCCCCCCCCC(C)C. The van der Waals surface area contributed by atoms with Gasteiger partial charge in [0.05, 0.1) is 26.4 Å². The number of phosphoric acid groups is 2. The van der Waals surface area contributed by atoms with Gasteiger partial charge in [-0.2, -0.15) is 0 Å². The summed E-state index contributed by atoms with van der Waals surface area (Å²) in [7, 11) is -9.89. The minimum absolute atomic E-state index is 0.103. The molecule has 84 heavy (non-hydrogen) atoms. The van der Waals surface area contributed by atoms with Crippen LogP contribution in [0.4, 0.5) is 0 Å². The summed E-state index contributed by atoms with van der Waals surface area (Å²) in [5.74, 6) is -0.649. The average Bonchev–Trinajstić information content (AvgIpc) is 3.65. The van der Waals surface area contributed by atoms with Crippen LogP contribution in [0.2, 0.25) is 0 Å². The van der Waals surface area contributed by atoms with Crippen LogP contribution in [0.25, 0.3) is 0 Å². The normalized spacial score (nSPS) is 14.6. The fourth-order valence-electron chi connectivity index (χ4n) is 9.68. The Hall–Kier alpha value is -1.94. The van der Waals surface area contributed by atoms with Gasteiger partial charge in [-0.05, 0) is 37.5 Å². The van der Waals surface area contributed by atoms with E-state index in [0.717, 1.165) is 102 Å². The number of unbranched alkanes of at least 4 members (excludes halogenated alkanes) is 33. The van der Waals surface area contributed by atoms with Crippen LogP contribution in [0.1, 0.15) is 324 Å². The fourth-order valence-corrected chi connectivity index (χ4v) is 11.3. The molecule has 0 heterocycles. The summed E-state index contributed by atoms with van der Waals surface area (Å²) >= 11 is 0. The molecular weight excluding hydrogens is 1110 g/mol. The Morgan fingerprint density at radius 2 is 0.607 bits per heavy atom. The molecular formula is C65H126O17P2. The molecule has 0 bridgehead atoms. The van der Waals surface area contributed by atoms with Gasteiger partial charge >= 0.3 is 39.5 Å². The summed E-state index contributed by atoms with van der Waals surface area (Å²) < 4.78 is 68.0. The van der Waals surface area contributed by atoms with Crippen LogP contribution in [-0.4, -0.2) is 96.7 Å². The third-order valence-corrected chi connectivity index (χ3v) is 17.2. The lowest BCUT2D eigenvalue weighted by Gasteiger charge is -2.21. The van der Waals surface area contributed by atoms with Crippen molar-refractivity contribution in [1.82, 2.24) is 0 Å². The molecule has 0 saturated carbocycles. The van der Waals surface area contributed by atoms with Crippen LogP contribution in [0, 0.1) is 11.8 Å². The number of phosphoric ester groups is 2. The predicted octanol–water partition coefficient (Wildman–Crippen LogP) is 18.0. The minimum Gasteiger partial charge on any atom is -0.462 e. The number of carbonyl (C=O) groups excluding carboxylic acids is 4. The molecule has 0 aliphatic rings. The summed E-state index contributed by atoms with van der Waals surface area (Å²) in [5, 5.41) is 10.5. The summed E-state index contributed by atoms with van der Waals surface area (Å²) in [6.07, 6.45) is 40.3. The first-order valence-electron chi connectivity index (χ1n) is 34.0. The molecule has 0 aliphatic carbocycles. The molecule has 0 radical (unpaired) electrons. The van der Waals surface area contributed by atoms with Crippen LogP contribution in [-0.2, 0) is 65.4 Å². The molecule has 498 valence electrons. The maximum atomic E-state index is 13.0. The molecule has 0 aromatic rings. The zero-order valence-electron chi connectivity index (χ0n) is 54.2. The van der Waals surface area contributed by atoms with Gasteiger partial charge < -0.3 is 33.8 Å². The molecule has 3 unspecified atom stereocenters. The maximum absolute atomic E-state index is 13.0. The van der Waals surface area contributed by atoms with E-state index in [1.165, 1.54) is 141 Å². The quantitative estimate of drug-likeness (QED) is 0.0222. The number of carbonyl (C=O) groups is 4. The van der Waals surface area contributed by atoms with Gasteiger partial charge in [0.2, 0.25) is 0 Å². The number of esters is 4. The highest BCUT2D eigenvalue weighted by Gasteiger charge is 2.30. The highest BCUT2D eigenvalue weighted by molar-refractivity contribution is 7.47. The fraction of sp³-hybridized carbons (Fsp3) is 0.938. The largest absolute Gasteiger partial charge is 0.472 e. The Morgan fingerprint density at radius 3 is 0.905 bits per heavy atom. The first-order valence-corrected chi connectivity index (χ1v) is 37.0. The third kappa shape index (κ3) is 57.8. The Labute approximate surface area is 511 Å². The first-order chi connectivity index (χ1) is 40.4. The Morgan fingerprint density at radius 1 is 0.345 bits per heavy atom. The second-order valence-electron chi connectivity index (χ2n) is 24.2. The van der Waals surface area contributed by atoms with Crippen LogP contribution >= 0.6 is 15.6 Å². The standard InChI is InChI=1S/C65H126O17P2/c1-7-10-12-14-16-18-20-25-29-36-42-48-63(68)76-53-60(81-64(69)49-43-37-30-26-22-19-21-24-27-33-39-45-57(4)5)55-79-83(71,72)77-51-59(66)52-78-84(73,74)80-56-61(54-75-62(67)47-41-35-28-23-17-15-13-11-8-2)82-65(70)50-44-38-32-31-34-40-46-58(6)9-3/h57-61,66H,7-56H2,1-6H3,(H,71,72)(H,73,74)/t58?,59-,60-,61-/m1/s1. The number of rotatable bonds is 64. The van der Waals surface area contributed by atoms with Gasteiger partial charge in [-0.1, -0.05) is 273 Å². The topological polar surface area (TPSA) is 237 Å². The smallest absolute Gasteiger partial charge is 0.462 e. The molecule has 0 amide bonds. The van der Waals surface area contributed by atoms with Gasteiger partial charge in [-0.15, -0.1) is 0 Å². The van der Waals surface area contributed by atoms with Crippen LogP contribution in [0.5, 0.6) is 0 Å². The second kappa shape index (κ2) is 57.5. The molecule has 17 nitrogen and oxygen atoms in total. The highest BCUT2D eigenvalue weighted by atomic mass is 31.2. The van der Waals surface area contributed by atoms with E-state index in [9.17, 15) is 43.2 Å². The van der Waals surface area contributed by atoms with Crippen molar-refractivity contribution in [3.05, 3.63) is 0 Å². The molecule has 0 fully saturated rings. The van der Waals surface area contributed by atoms with E-state index in [2.05, 4.69) is 41.5 Å². The summed E-state index contributed by atoms with van der Waals surface area (Å²) in [5.41, 5.74) is 0. The van der Waals surface area contributed by atoms with E-state index < -0.39 is 97.5 Å². The molecule has 0 aromatic carbocycles. The van der Waals surface area contributed by atoms with Crippen molar-refractivity contribution in [2.24, 2.45) is 11.8 Å². The van der Waals surface area contributed by atoms with Gasteiger partial charge in [0.25, 0.3) is 0 Å². The number of ether oxygens (including phenoxy) is 4. The maximum Gasteiger partial charge on any atom is 0.472 e. The molecule has 0 saturated heterocycles. The average molecular weight is 1240 g/mol. The molecule has 3 N–H and O–H groups in total. The second-order valence-corrected chi connectivity index (χ2v) is 27.1. The molecule has 19 heteroatoms. The molecule has 6 atom stereocenters. The summed E-state index contributed by atoms with van der Waals surface area (Å²) in [4.78, 5) is 72.2. The van der Waals surface area contributed by atoms with E-state index in [1.54, 1.807) is 0 Å². The van der Waals surface area contributed by atoms with E-state index in [-0.39, 0.29) is 25.7 Å². The van der Waals surface area contributed by atoms with Crippen molar-refractivity contribution in [3.63, 3.8) is 0 Å². The van der Waals surface area contributed by atoms with E-state index in [4.69, 9.17) is 37.0 Å². The zero-order chi connectivity index (χ0) is 62.2. The first kappa shape index (κ1) is 82.1. The Balaban J connectivity index is 5.24. The van der Waals surface area contributed by atoms with Gasteiger partial charge in [-0.25, -0.2) is 9.13 Å². The number of aliphatic hydroxyl groups is 1. The van der Waals surface area contributed by atoms with Crippen molar-refractivity contribution in [3.8, 4) is 0 Å². The van der Waals surface area contributed by atoms with Crippen molar-refractivity contribution in [2.75, 3.05) is 39.6 Å². The van der Waals surface area contributed by atoms with Crippen molar-refractivity contribution in [2.45, 2.75) is 342 Å². The van der Waals surface area contributed by atoms with Gasteiger partial charge in [0.1, 0.15) is 19.3 Å². The minimum atomic E-state index is -4.95. The lowest BCUT2D eigenvalue weighted by Crippen LogP contribution is -2.30. The Kier molecular flexibility index (Phi) is 56.2. The van der Waals surface area contributed by atoms with Crippen LogP contribution in [0.3, 0.4) is 0 Å². The van der Waals surface area contributed by atoms with Gasteiger partial charge in [0, 0.05) is 25.7 Å². The van der Waals surface area contributed by atoms with Crippen LogP contribution < -0.4 is 0 Å². The number of hydrogen-bond acceptors (Lipinski definition) is 15. The van der Waals surface area contributed by atoms with E-state index in [0.29, 0.717) is 25.7 Å². The van der Waals surface area contributed by atoms with E-state index >= 15 is 0 Å². The number of aliphatic hydroxyl groups excluding tert-OH is 1. The lowest BCUT2D eigenvalue weighted by molar-refractivity contribution is -0.161. The Bertz CT molecular complexity index is 1650. The van der Waals surface area contributed by atoms with E-state index in [1.807, 2.05) is 0 Å². The zero-order valence-corrected chi connectivity index (χ0v) is 56.0. The third-order valence-electron chi connectivity index (χ3n) is 15.3. The van der Waals surface area contributed by atoms with Crippen molar-refractivity contribution < 1.29 is 80.2 Å². The summed E-state index contributed by atoms with van der Waals surface area (Å²) in [6.45, 7) is 9.44. The highest BCUT2D eigenvalue weighted by Crippen LogP contribution is 2.45. The van der Waals surface area contributed by atoms with Crippen molar-refractivity contribution in [1.29, 1.82) is 0 Å². The molecule has 0 rings (SSSR count). The van der Waals surface area contributed by atoms with Gasteiger partial charge in [-0.3, -0.25) is 37.3 Å². The monoisotopic (exact) mass is 1240 g/mol. The molecule has 0 aromatic heterocycles. The number of hydrogen-bond donors (Lipinski definition) is 3. The lowest BCUT2D eigenvalue weighted by atomic mass is 10.00. The molecule has 0 aliphatic heterocycles.